The Balaban J connectivity index is 1.83. The van der Waals surface area contributed by atoms with Crippen molar-refractivity contribution in [3.05, 3.63) is 76.3 Å². The fourth-order valence-corrected chi connectivity index (χ4v) is 3.20. The predicted octanol–water partition coefficient (Wildman–Crippen LogP) is 7.63. The van der Waals surface area contributed by atoms with Gasteiger partial charge in [0.25, 0.3) is 0 Å². The minimum atomic E-state index is -3.87. The van der Waals surface area contributed by atoms with Crippen LogP contribution in [0.15, 0.2) is 48.5 Å². The molecule has 0 saturated carbocycles. The zero-order valence-corrected chi connectivity index (χ0v) is 16.0. The van der Waals surface area contributed by atoms with Crippen LogP contribution in [0, 0.1) is 11.6 Å². The van der Waals surface area contributed by atoms with Crippen molar-refractivity contribution in [2.24, 2.45) is 0 Å². The molecule has 148 valence electrons. The summed E-state index contributed by atoms with van der Waals surface area (Å²) in [5.74, 6) is -1.86. The zero-order valence-electron chi connectivity index (χ0n) is 15.2. The lowest BCUT2D eigenvalue weighted by Gasteiger charge is -2.19. The summed E-state index contributed by atoms with van der Waals surface area (Å²) in [6, 6.07) is 10.3. The SMILES string of the molecule is CCCCCc1ccc(C(F)(F)Oc2ccc3c(F)c(Cl)ccc3c2)c(F)c1. The van der Waals surface area contributed by atoms with E-state index >= 15 is 0 Å². The van der Waals surface area contributed by atoms with Crippen LogP contribution >= 0.6 is 11.6 Å². The van der Waals surface area contributed by atoms with Crippen molar-refractivity contribution in [1.82, 2.24) is 0 Å². The van der Waals surface area contributed by atoms with Crippen LogP contribution in [-0.4, -0.2) is 0 Å². The van der Waals surface area contributed by atoms with Crippen LogP contribution in [0.5, 0.6) is 5.75 Å². The van der Waals surface area contributed by atoms with Crippen molar-refractivity contribution < 1.29 is 22.3 Å². The Kier molecular flexibility index (Phi) is 6.14. The third kappa shape index (κ3) is 4.41. The highest BCUT2D eigenvalue weighted by Gasteiger charge is 2.37. The second kappa shape index (κ2) is 8.39. The van der Waals surface area contributed by atoms with Gasteiger partial charge in [-0.3, -0.25) is 0 Å². The third-order valence-electron chi connectivity index (χ3n) is 4.54. The second-order valence-electron chi connectivity index (χ2n) is 6.63. The number of rotatable bonds is 7. The predicted molar refractivity (Wildman–Crippen MR) is 103 cm³/mol. The number of benzene rings is 3. The molecule has 1 nitrogen and oxygen atoms in total. The number of hydrogen-bond donors (Lipinski definition) is 0. The van der Waals surface area contributed by atoms with Crippen molar-refractivity contribution in [1.29, 1.82) is 0 Å². The fourth-order valence-electron chi connectivity index (χ4n) is 3.04. The van der Waals surface area contributed by atoms with Crippen LogP contribution in [0.25, 0.3) is 10.8 Å². The van der Waals surface area contributed by atoms with E-state index in [1.54, 1.807) is 0 Å². The topological polar surface area (TPSA) is 9.23 Å². The minimum Gasteiger partial charge on any atom is -0.429 e. The number of hydrogen-bond acceptors (Lipinski definition) is 1. The molecule has 0 heterocycles. The molecule has 0 aromatic heterocycles. The average Bonchev–Trinajstić information content (AvgIpc) is 2.64. The van der Waals surface area contributed by atoms with Gasteiger partial charge in [0.05, 0.1) is 10.6 Å². The highest BCUT2D eigenvalue weighted by molar-refractivity contribution is 6.31. The van der Waals surface area contributed by atoms with Crippen molar-refractivity contribution in [2.45, 2.75) is 38.7 Å². The first kappa shape index (κ1) is 20.5. The molecular weight excluding hydrogens is 392 g/mol. The summed E-state index contributed by atoms with van der Waals surface area (Å²) in [6.45, 7) is 2.05. The third-order valence-corrected chi connectivity index (χ3v) is 4.83. The Hall–Kier alpha value is -2.27. The van der Waals surface area contributed by atoms with Gasteiger partial charge in [-0.25, -0.2) is 8.78 Å². The molecule has 0 saturated heterocycles. The van der Waals surface area contributed by atoms with Crippen molar-refractivity contribution in [2.75, 3.05) is 0 Å². The van der Waals surface area contributed by atoms with Crippen LogP contribution < -0.4 is 4.74 Å². The molecule has 3 aromatic carbocycles. The molecule has 0 aliphatic rings. The van der Waals surface area contributed by atoms with E-state index in [4.69, 9.17) is 16.3 Å². The van der Waals surface area contributed by atoms with E-state index in [9.17, 15) is 17.6 Å². The van der Waals surface area contributed by atoms with E-state index < -0.39 is 23.3 Å². The molecular formula is C22H19ClF4O. The maximum Gasteiger partial charge on any atom is 0.429 e. The largest absolute Gasteiger partial charge is 0.429 e. The smallest absolute Gasteiger partial charge is 0.429 e. The summed E-state index contributed by atoms with van der Waals surface area (Å²) in [5.41, 5.74) is -0.169. The first-order valence-electron chi connectivity index (χ1n) is 9.05. The van der Waals surface area contributed by atoms with Gasteiger partial charge in [0.1, 0.15) is 17.4 Å². The van der Waals surface area contributed by atoms with Gasteiger partial charge in [0.2, 0.25) is 0 Å². The molecule has 0 spiro atoms. The van der Waals surface area contributed by atoms with Crippen molar-refractivity contribution in [3.8, 4) is 5.75 Å². The molecule has 6 heteroatoms. The van der Waals surface area contributed by atoms with Crippen molar-refractivity contribution in [3.63, 3.8) is 0 Å². The number of unbranched alkanes of at least 4 members (excludes halogenated alkanes) is 2. The molecule has 0 bridgehead atoms. The van der Waals surface area contributed by atoms with E-state index in [0.29, 0.717) is 17.4 Å². The van der Waals surface area contributed by atoms with E-state index in [-0.39, 0.29) is 16.2 Å². The van der Waals surface area contributed by atoms with E-state index in [0.717, 1.165) is 31.4 Å². The van der Waals surface area contributed by atoms with Gasteiger partial charge in [-0.15, -0.1) is 0 Å². The molecule has 0 aliphatic heterocycles. The summed E-state index contributed by atoms with van der Waals surface area (Å²) in [6.07, 6.45) is -0.342. The Morgan fingerprint density at radius 3 is 2.46 bits per heavy atom. The maximum atomic E-state index is 14.5. The number of aryl methyl sites for hydroxylation is 1. The van der Waals surface area contributed by atoms with Crippen LogP contribution in [0.4, 0.5) is 17.6 Å². The van der Waals surface area contributed by atoms with E-state index in [1.165, 1.54) is 36.4 Å². The summed E-state index contributed by atoms with van der Waals surface area (Å²) in [4.78, 5) is 0. The number of alkyl halides is 2. The highest BCUT2D eigenvalue weighted by atomic mass is 35.5. The Labute approximate surface area is 165 Å². The fraction of sp³-hybridized carbons (Fsp3) is 0.273. The summed E-state index contributed by atoms with van der Waals surface area (Å²) in [5, 5.41) is 0.473. The van der Waals surface area contributed by atoms with Crippen molar-refractivity contribution >= 4 is 22.4 Å². The van der Waals surface area contributed by atoms with Gasteiger partial charge >= 0.3 is 6.11 Å². The minimum absolute atomic E-state index is 0.0624. The first-order valence-corrected chi connectivity index (χ1v) is 9.43. The molecule has 0 amide bonds. The molecule has 0 fully saturated rings. The molecule has 28 heavy (non-hydrogen) atoms. The lowest BCUT2D eigenvalue weighted by molar-refractivity contribution is -0.187. The standard InChI is InChI=1S/C22H19ClF4O/c1-2-3-4-5-14-6-10-18(20(24)12-14)22(26,27)28-16-8-9-17-15(13-16)7-11-19(23)21(17)25/h6-13H,2-5H2,1H3. The van der Waals surface area contributed by atoms with Crippen LogP contribution in [-0.2, 0) is 12.5 Å². The molecule has 0 aliphatic carbocycles. The average molecular weight is 411 g/mol. The molecule has 3 rings (SSSR count). The number of ether oxygens (including phenoxy) is 1. The van der Waals surface area contributed by atoms with Gasteiger partial charge in [-0.2, -0.15) is 8.78 Å². The lowest BCUT2D eigenvalue weighted by Crippen LogP contribution is -2.23. The van der Waals surface area contributed by atoms with Gasteiger partial charge in [0.15, 0.2) is 0 Å². The molecule has 0 atom stereocenters. The van der Waals surface area contributed by atoms with Crippen LogP contribution in [0.3, 0.4) is 0 Å². The molecule has 0 unspecified atom stereocenters. The molecule has 0 radical (unpaired) electrons. The van der Waals surface area contributed by atoms with Gasteiger partial charge in [0, 0.05) is 5.39 Å². The van der Waals surface area contributed by atoms with E-state index in [1.807, 2.05) is 0 Å². The van der Waals surface area contributed by atoms with Gasteiger partial charge in [-0.05, 0) is 60.2 Å². The summed E-state index contributed by atoms with van der Waals surface area (Å²) < 4.78 is 62.1. The van der Waals surface area contributed by atoms with Crippen LogP contribution in [0.1, 0.15) is 37.3 Å². The molecule has 3 aromatic rings. The zero-order chi connectivity index (χ0) is 20.3. The number of fused-ring (bicyclic) bond motifs is 1. The summed E-state index contributed by atoms with van der Waals surface area (Å²) >= 11 is 5.72. The van der Waals surface area contributed by atoms with Crippen LogP contribution in [0.2, 0.25) is 5.02 Å². The van der Waals surface area contributed by atoms with E-state index in [2.05, 4.69) is 6.92 Å². The van der Waals surface area contributed by atoms with Gasteiger partial charge < -0.3 is 4.74 Å². The monoisotopic (exact) mass is 410 g/mol. The number of halogens is 5. The quantitative estimate of drug-likeness (QED) is 0.287. The Morgan fingerprint density at radius 1 is 0.964 bits per heavy atom. The maximum absolute atomic E-state index is 14.5. The second-order valence-corrected chi connectivity index (χ2v) is 7.04. The lowest BCUT2D eigenvalue weighted by atomic mass is 10.0. The van der Waals surface area contributed by atoms with Gasteiger partial charge in [-0.1, -0.05) is 43.5 Å². The normalized spacial score (nSPS) is 11.8. The summed E-state index contributed by atoms with van der Waals surface area (Å²) in [7, 11) is 0. The Bertz CT molecular complexity index is 988. The highest BCUT2D eigenvalue weighted by Crippen LogP contribution is 2.35. The first-order chi connectivity index (χ1) is 13.3. The Morgan fingerprint density at radius 2 is 1.75 bits per heavy atom. The molecule has 0 N–H and O–H groups in total.